The van der Waals surface area contributed by atoms with Crippen molar-refractivity contribution in [2.24, 2.45) is 0 Å². The van der Waals surface area contributed by atoms with E-state index in [1.807, 2.05) is 24.3 Å². The molecule has 7 heteroatoms. The summed E-state index contributed by atoms with van der Waals surface area (Å²) in [6.07, 6.45) is 1.48. The van der Waals surface area contributed by atoms with E-state index in [2.05, 4.69) is 15.6 Å². The van der Waals surface area contributed by atoms with Gasteiger partial charge in [0.05, 0.1) is 12.8 Å². The molecule has 3 rings (SSSR count). The molecule has 3 aromatic rings. The van der Waals surface area contributed by atoms with Crippen LogP contribution in [-0.4, -0.2) is 18.0 Å². The van der Waals surface area contributed by atoms with Gasteiger partial charge in [0.1, 0.15) is 23.1 Å². The Bertz CT molecular complexity index is 946. The monoisotopic (exact) mass is 369 g/mol. The van der Waals surface area contributed by atoms with E-state index in [1.165, 1.54) is 6.20 Å². The lowest BCUT2D eigenvalue weighted by atomic mass is 10.2. The largest absolute Gasteiger partial charge is 0.497 e. The van der Waals surface area contributed by atoms with Crippen LogP contribution >= 0.6 is 0 Å². The van der Waals surface area contributed by atoms with Crippen molar-refractivity contribution < 1.29 is 18.3 Å². The van der Waals surface area contributed by atoms with E-state index in [1.54, 1.807) is 19.2 Å². The molecule has 0 aliphatic rings. The number of carbonyl (C=O) groups excluding carboxylic acids is 1. The summed E-state index contributed by atoms with van der Waals surface area (Å²) in [6, 6.07) is 13.8. The minimum atomic E-state index is -0.850. The lowest BCUT2D eigenvalue weighted by molar-refractivity contribution is 0.102. The Labute approximate surface area is 155 Å². The second kappa shape index (κ2) is 8.27. The zero-order valence-electron chi connectivity index (χ0n) is 14.5. The molecule has 1 amide bonds. The van der Waals surface area contributed by atoms with Crippen LogP contribution < -0.4 is 15.4 Å². The quantitative estimate of drug-likeness (QED) is 0.682. The number of halogens is 2. The van der Waals surface area contributed by atoms with Gasteiger partial charge in [-0.15, -0.1) is 0 Å². The van der Waals surface area contributed by atoms with Gasteiger partial charge >= 0.3 is 0 Å². The van der Waals surface area contributed by atoms with Gasteiger partial charge in [-0.1, -0.05) is 12.1 Å². The number of rotatable bonds is 6. The van der Waals surface area contributed by atoms with Crippen molar-refractivity contribution in [3.05, 3.63) is 83.7 Å². The van der Waals surface area contributed by atoms with Crippen LogP contribution in [0.4, 0.5) is 20.2 Å². The topological polar surface area (TPSA) is 63.2 Å². The number of hydrogen-bond acceptors (Lipinski definition) is 4. The summed E-state index contributed by atoms with van der Waals surface area (Å²) in [5, 5.41) is 5.57. The van der Waals surface area contributed by atoms with Gasteiger partial charge in [0.15, 0.2) is 0 Å². The summed E-state index contributed by atoms with van der Waals surface area (Å²) >= 11 is 0. The fourth-order valence-corrected chi connectivity index (χ4v) is 2.39. The Morgan fingerprint density at radius 2 is 1.85 bits per heavy atom. The average molecular weight is 369 g/mol. The Hall–Kier alpha value is -3.48. The van der Waals surface area contributed by atoms with Crippen LogP contribution in [0.25, 0.3) is 0 Å². The first-order chi connectivity index (χ1) is 13.0. The number of anilines is 2. The van der Waals surface area contributed by atoms with Crippen LogP contribution in [0.15, 0.2) is 60.8 Å². The Morgan fingerprint density at radius 3 is 2.56 bits per heavy atom. The average Bonchev–Trinajstić information content (AvgIpc) is 2.69. The molecule has 0 aliphatic heterocycles. The Kier molecular flexibility index (Phi) is 5.61. The summed E-state index contributed by atoms with van der Waals surface area (Å²) in [7, 11) is 1.61. The molecule has 0 aliphatic carbocycles. The maximum atomic E-state index is 13.7. The molecule has 0 fully saturated rings. The SMILES string of the molecule is COc1ccc(CNc2ccnc(C(=O)Nc3ccc(F)cc3F)c2)cc1. The van der Waals surface area contributed by atoms with Gasteiger partial charge in [0, 0.05) is 24.5 Å². The standard InChI is InChI=1S/C20H17F2N3O2/c1-27-16-5-2-13(3-6-16)12-24-15-8-9-23-19(11-15)20(26)25-18-7-4-14(21)10-17(18)22/h2-11H,12H2,1H3,(H,23,24)(H,25,26). The Morgan fingerprint density at radius 1 is 1.07 bits per heavy atom. The van der Waals surface area contributed by atoms with E-state index >= 15 is 0 Å². The normalized spacial score (nSPS) is 10.3. The highest BCUT2D eigenvalue weighted by Crippen LogP contribution is 2.17. The van der Waals surface area contributed by atoms with E-state index in [0.29, 0.717) is 18.3 Å². The summed E-state index contributed by atoms with van der Waals surface area (Å²) in [4.78, 5) is 16.3. The molecule has 0 atom stereocenters. The van der Waals surface area contributed by atoms with E-state index < -0.39 is 17.5 Å². The van der Waals surface area contributed by atoms with Gasteiger partial charge in [0.2, 0.25) is 0 Å². The van der Waals surface area contributed by atoms with Gasteiger partial charge < -0.3 is 15.4 Å². The van der Waals surface area contributed by atoms with Crippen molar-refractivity contribution in [3.8, 4) is 5.75 Å². The molecule has 27 heavy (non-hydrogen) atoms. The zero-order chi connectivity index (χ0) is 19.2. The number of pyridine rings is 1. The second-order valence-electron chi connectivity index (χ2n) is 5.71. The molecule has 5 nitrogen and oxygen atoms in total. The number of aromatic nitrogens is 1. The summed E-state index contributed by atoms with van der Waals surface area (Å²) < 4.78 is 31.7. The Balaban J connectivity index is 1.66. The second-order valence-corrected chi connectivity index (χ2v) is 5.71. The van der Waals surface area contributed by atoms with E-state index in [4.69, 9.17) is 4.74 Å². The molecule has 2 aromatic carbocycles. The summed E-state index contributed by atoms with van der Waals surface area (Å²) in [5.74, 6) is -1.38. The van der Waals surface area contributed by atoms with Gasteiger partial charge in [-0.2, -0.15) is 0 Å². The number of benzene rings is 2. The van der Waals surface area contributed by atoms with Crippen LogP contribution in [0.2, 0.25) is 0 Å². The molecule has 138 valence electrons. The molecule has 1 aromatic heterocycles. The fourth-order valence-electron chi connectivity index (χ4n) is 2.39. The van der Waals surface area contributed by atoms with Gasteiger partial charge in [-0.05, 0) is 42.0 Å². The molecule has 0 spiro atoms. The van der Waals surface area contributed by atoms with Crippen molar-refractivity contribution in [1.29, 1.82) is 0 Å². The number of hydrogen-bond donors (Lipinski definition) is 2. The first-order valence-electron chi connectivity index (χ1n) is 8.14. The zero-order valence-corrected chi connectivity index (χ0v) is 14.5. The fraction of sp³-hybridized carbons (Fsp3) is 0.100. The van der Waals surface area contributed by atoms with Crippen LogP contribution in [0.5, 0.6) is 5.75 Å². The minimum Gasteiger partial charge on any atom is -0.497 e. The first kappa shape index (κ1) is 18.3. The molecular weight excluding hydrogens is 352 g/mol. The van der Waals surface area contributed by atoms with Crippen LogP contribution in [0.1, 0.15) is 16.1 Å². The van der Waals surface area contributed by atoms with Crippen molar-refractivity contribution in [2.75, 3.05) is 17.7 Å². The number of ether oxygens (including phenoxy) is 1. The van der Waals surface area contributed by atoms with E-state index in [0.717, 1.165) is 23.4 Å². The smallest absolute Gasteiger partial charge is 0.274 e. The molecule has 2 N–H and O–H groups in total. The third-order valence-electron chi connectivity index (χ3n) is 3.83. The minimum absolute atomic E-state index is 0.110. The number of carbonyl (C=O) groups is 1. The maximum absolute atomic E-state index is 13.7. The maximum Gasteiger partial charge on any atom is 0.274 e. The third kappa shape index (κ3) is 4.78. The molecule has 0 unspecified atom stereocenters. The van der Waals surface area contributed by atoms with Gasteiger partial charge in [-0.3, -0.25) is 9.78 Å². The van der Waals surface area contributed by atoms with E-state index in [9.17, 15) is 13.6 Å². The summed E-state index contributed by atoms with van der Waals surface area (Å²) in [5.41, 5.74) is 1.72. The molecule has 0 saturated carbocycles. The molecule has 0 saturated heterocycles. The highest BCUT2D eigenvalue weighted by Gasteiger charge is 2.12. The predicted molar refractivity (Wildman–Crippen MR) is 98.9 cm³/mol. The molecule has 1 heterocycles. The number of nitrogens with zero attached hydrogens (tertiary/aromatic N) is 1. The highest BCUT2D eigenvalue weighted by atomic mass is 19.1. The van der Waals surface area contributed by atoms with Gasteiger partial charge in [0.25, 0.3) is 5.91 Å². The van der Waals surface area contributed by atoms with Crippen molar-refractivity contribution >= 4 is 17.3 Å². The van der Waals surface area contributed by atoms with Crippen LogP contribution in [-0.2, 0) is 6.54 Å². The number of methoxy groups -OCH3 is 1. The van der Waals surface area contributed by atoms with E-state index in [-0.39, 0.29) is 11.4 Å². The van der Waals surface area contributed by atoms with Crippen molar-refractivity contribution in [2.45, 2.75) is 6.54 Å². The summed E-state index contributed by atoms with van der Waals surface area (Å²) in [6.45, 7) is 0.543. The molecule has 0 bridgehead atoms. The third-order valence-corrected chi connectivity index (χ3v) is 3.83. The number of nitrogens with one attached hydrogen (secondary N) is 2. The molecular formula is C20H17F2N3O2. The van der Waals surface area contributed by atoms with Crippen molar-refractivity contribution in [3.63, 3.8) is 0 Å². The van der Waals surface area contributed by atoms with Crippen LogP contribution in [0, 0.1) is 11.6 Å². The molecule has 0 radical (unpaired) electrons. The van der Waals surface area contributed by atoms with Crippen LogP contribution in [0.3, 0.4) is 0 Å². The van der Waals surface area contributed by atoms with Gasteiger partial charge in [-0.25, -0.2) is 8.78 Å². The highest BCUT2D eigenvalue weighted by molar-refractivity contribution is 6.03. The lowest BCUT2D eigenvalue weighted by Gasteiger charge is -2.09. The number of amides is 1. The van der Waals surface area contributed by atoms with Crippen molar-refractivity contribution in [1.82, 2.24) is 4.98 Å². The predicted octanol–water partition coefficient (Wildman–Crippen LogP) is 4.23. The lowest BCUT2D eigenvalue weighted by Crippen LogP contribution is -2.15. The first-order valence-corrected chi connectivity index (χ1v) is 8.14.